The van der Waals surface area contributed by atoms with Crippen molar-refractivity contribution in [3.8, 4) is 0 Å². The molecule has 2 aromatic rings. The van der Waals surface area contributed by atoms with Crippen LogP contribution in [-0.4, -0.2) is 23.6 Å². The Kier molecular flexibility index (Phi) is 3.67. The number of rotatable bonds is 4. The van der Waals surface area contributed by atoms with Gasteiger partial charge in [0.05, 0.1) is 6.61 Å². The van der Waals surface area contributed by atoms with Crippen LogP contribution in [0.5, 0.6) is 0 Å². The number of fused-ring (bicyclic) bond motifs is 1. The van der Waals surface area contributed by atoms with Crippen molar-refractivity contribution in [2.45, 2.75) is 26.3 Å². The van der Waals surface area contributed by atoms with Crippen molar-refractivity contribution in [1.29, 1.82) is 0 Å². The number of hydrogen-bond acceptors (Lipinski definition) is 3. The number of ether oxygens (including phenoxy) is 1. The van der Waals surface area contributed by atoms with Gasteiger partial charge in [-0.1, -0.05) is 11.6 Å². The zero-order chi connectivity index (χ0) is 13.1. The highest BCUT2D eigenvalue weighted by Gasteiger charge is 2.17. The second kappa shape index (κ2) is 5.23. The first-order valence-electron chi connectivity index (χ1n) is 6.10. The van der Waals surface area contributed by atoms with Gasteiger partial charge in [-0.25, -0.2) is 0 Å². The van der Waals surface area contributed by atoms with Crippen LogP contribution in [0, 0.1) is 6.92 Å². The minimum Gasteiger partial charge on any atom is -0.465 e. The zero-order valence-corrected chi connectivity index (χ0v) is 10.7. The van der Waals surface area contributed by atoms with Gasteiger partial charge in [0.2, 0.25) is 0 Å². The topological polar surface area (TPSA) is 68.1 Å². The van der Waals surface area contributed by atoms with Crippen LogP contribution in [0.25, 0.3) is 10.9 Å². The SMILES string of the molecule is CCOC(=O)C(N)Cc1c[nH]c2ccc(C)cc12. The third-order valence-electron chi connectivity index (χ3n) is 2.95. The summed E-state index contributed by atoms with van der Waals surface area (Å²) in [5.41, 5.74) is 9.14. The first-order chi connectivity index (χ1) is 8.61. The van der Waals surface area contributed by atoms with Crippen molar-refractivity contribution < 1.29 is 9.53 Å². The Labute approximate surface area is 106 Å². The monoisotopic (exact) mass is 246 g/mol. The lowest BCUT2D eigenvalue weighted by Crippen LogP contribution is -2.34. The number of H-pyrrole nitrogens is 1. The van der Waals surface area contributed by atoms with Gasteiger partial charge in [-0.2, -0.15) is 0 Å². The largest absolute Gasteiger partial charge is 0.465 e. The van der Waals surface area contributed by atoms with E-state index in [2.05, 4.69) is 11.1 Å². The molecule has 0 spiro atoms. The number of hydrogen-bond donors (Lipinski definition) is 2. The van der Waals surface area contributed by atoms with Gasteiger partial charge in [0.1, 0.15) is 6.04 Å². The summed E-state index contributed by atoms with van der Waals surface area (Å²) < 4.78 is 4.91. The average Bonchev–Trinajstić information content (AvgIpc) is 2.72. The Hall–Kier alpha value is -1.81. The molecule has 1 unspecified atom stereocenters. The van der Waals surface area contributed by atoms with E-state index in [9.17, 15) is 4.79 Å². The van der Waals surface area contributed by atoms with Gasteiger partial charge < -0.3 is 15.5 Å². The van der Waals surface area contributed by atoms with Gasteiger partial charge in [0, 0.05) is 23.5 Å². The first kappa shape index (κ1) is 12.6. The van der Waals surface area contributed by atoms with E-state index >= 15 is 0 Å². The third-order valence-corrected chi connectivity index (χ3v) is 2.95. The zero-order valence-electron chi connectivity index (χ0n) is 10.7. The summed E-state index contributed by atoms with van der Waals surface area (Å²) >= 11 is 0. The third kappa shape index (κ3) is 2.54. The minimum absolute atomic E-state index is 0.348. The van der Waals surface area contributed by atoms with Crippen molar-refractivity contribution in [3.63, 3.8) is 0 Å². The lowest BCUT2D eigenvalue weighted by molar-refractivity contribution is -0.144. The fraction of sp³-hybridized carbons (Fsp3) is 0.357. The van der Waals surface area contributed by atoms with Gasteiger partial charge >= 0.3 is 5.97 Å². The molecular formula is C14H18N2O2. The van der Waals surface area contributed by atoms with Gasteiger partial charge in [-0.15, -0.1) is 0 Å². The number of nitrogens with two attached hydrogens (primary N) is 1. The molecule has 0 aliphatic heterocycles. The smallest absolute Gasteiger partial charge is 0.323 e. The van der Waals surface area contributed by atoms with E-state index < -0.39 is 6.04 Å². The second-order valence-corrected chi connectivity index (χ2v) is 4.43. The molecule has 18 heavy (non-hydrogen) atoms. The molecule has 0 amide bonds. The average molecular weight is 246 g/mol. The van der Waals surface area contributed by atoms with Crippen molar-refractivity contribution in [1.82, 2.24) is 4.98 Å². The van der Waals surface area contributed by atoms with Gasteiger partial charge in [-0.05, 0) is 31.5 Å². The number of aryl methyl sites for hydroxylation is 1. The van der Waals surface area contributed by atoms with E-state index in [4.69, 9.17) is 10.5 Å². The summed E-state index contributed by atoms with van der Waals surface area (Å²) in [6.07, 6.45) is 2.39. The van der Waals surface area contributed by atoms with E-state index in [0.29, 0.717) is 13.0 Å². The highest BCUT2D eigenvalue weighted by molar-refractivity contribution is 5.85. The number of benzene rings is 1. The van der Waals surface area contributed by atoms with E-state index in [0.717, 1.165) is 16.5 Å². The molecule has 0 bridgehead atoms. The summed E-state index contributed by atoms with van der Waals surface area (Å²) in [4.78, 5) is 14.7. The number of nitrogens with one attached hydrogen (secondary N) is 1. The Balaban J connectivity index is 2.21. The molecule has 2 rings (SSSR count). The Morgan fingerprint density at radius 3 is 3.00 bits per heavy atom. The molecule has 4 heteroatoms. The molecular weight excluding hydrogens is 228 g/mol. The molecule has 0 radical (unpaired) electrons. The molecule has 0 aliphatic carbocycles. The molecule has 1 atom stereocenters. The predicted octanol–water partition coefficient (Wildman–Crippen LogP) is 1.91. The highest BCUT2D eigenvalue weighted by Crippen LogP contribution is 2.20. The molecule has 1 aromatic heterocycles. The maximum absolute atomic E-state index is 11.5. The van der Waals surface area contributed by atoms with Gasteiger partial charge in [-0.3, -0.25) is 4.79 Å². The maximum Gasteiger partial charge on any atom is 0.323 e. The van der Waals surface area contributed by atoms with Crippen molar-refractivity contribution in [2.24, 2.45) is 5.73 Å². The molecule has 0 saturated heterocycles. The van der Waals surface area contributed by atoms with Crippen molar-refractivity contribution in [3.05, 3.63) is 35.5 Å². The molecule has 0 aliphatic rings. The van der Waals surface area contributed by atoms with Crippen LogP contribution in [0.3, 0.4) is 0 Å². The quantitative estimate of drug-likeness (QED) is 0.810. The Morgan fingerprint density at radius 1 is 1.50 bits per heavy atom. The summed E-state index contributed by atoms with van der Waals surface area (Å²) in [6, 6.07) is 5.57. The van der Waals surface area contributed by atoms with E-state index in [1.807, 2.05) is 25.3 Å². The summed E-state index contributed by atoms with van der Waals surface area (Å²) in [5.74, 6) is -0.348. The maximum atomic E-state index is 11.5. The molecule has 3 N–H and O–H groups in total. The molecule has 4 nitrogen and oxygen atoms in total. The second-order valence-electron chi connectivity index (χ2n) is 4.43. The van der Waals surface area contributed by atoms with E-state index in [-0.39, 0.29) is 5.97 Å². The van der Waals surface area contributed by atoms with Crippen LogP contribution in [-0.2, 0) is 16.0 Å². The molecule has 0 saturated carbocycles. The number of carbonyl (C=O) groups excluding carboxylic acids is 1. The number of esters is 1. The number of carbonyl (C=O) groups is 1. The number of aromatic amines is 1. The fourth-order valence-electron chi connectivity index (χ4n) is 2.03. The van der Waals surface area contributed by atoms with Crippen LogP contribution >= 0.6 is 0 Å². The van der Waals surface area contributed by atoms with Crippen molar-refractivity contribution >= 4 is 16.9 Å². The van der Waals surface area contributed by atoms with Crippen LogP contribution in [0.2, 0.25) is 0 Å². The van der Waals surface area contributed by atoms with E-state index in [1.165, 1.54) is 5.56 Å². The van der Waals surface area contributed by atoms with Crippen LogP contribution in [0.4, 0.5) is 0 Å². The van der Waals surface area contributed by atoms with E-state index in [1.54, 1.807) is 6.92 Å². The fourth-order valence-corrected chi connectivity index (χ4v) is 2.03. The predicted molar refractivity (Wildman–Crippen MR) is 71.3 cm³/mol. The van der Waals surface area contributed by atoms with Crippen molar-refractivity contribution in [2.75, 3.05) is 6.61 Å². The molecule has 0 fully saturated rings. The van der Waals surface area contributed by atoms with Gasteiger partial charge in [0.25, 0.3) is 0 Å². The lowest BCUT2D eigenvalue weighted by atomic mass is 10.0. The van der Waals surface area contributed by atoms with Crippen LogP contribution in [0.15, 0.2) is 24.4 Å². The Bertz CT molecular complexity index is 560. The Morgan fingerprint density at radius 2 is 2.28 bits per heavy atom. The highest BCUT2D eigenvalue weighted by atomic mass is 16.5. The first-order valence-corrected chi connectivity index (χ1v) is 6.10. The summed E-state index contributed by atoms with van der Waals surface area (Å²) in [7, 11) is 0. The van der Waals surface area contributed by atoms with Crippen LogP contribution < -0.4 is 5.73 Å². The normalized spacial score (nSPS) is 12.6. The standard InChI is InChI=1S/C14H18N2O2/c1-3-18-14(17)12(15)7-10-8-16-13-5-4-9(2)6-11(10)13/h4-6,8,12,16H,3,7,15H2,1-2H3. The van der Waals surface area contributed by atoms with Gasteiger partial charge in [0.15, 0.2) is 0 Å². The summed E-state index contributed by atoms with van der Waals surface area (Å²) in [5, 5.41) is 1.12. The number of aromatic nitrogens is 1. The summed E-state index contributed by atoms with van der Waals surface area (Å²) in [6.45, 7) is 4.18. The van der Waals surface area contributed by atoms with Crippen LogP contribution in [0.1, 0.15) is 18.1 Å². The molecule has 1 heterocycles. The minimum atomic E-state index is -0.607. The lowest BCUT2D eigenvalue weighted by Gasteiger charge is -2.09. The molecule has 1 aromatic carbocycles. The molecule has 96 valence electrons.